The lowest BCUT2D eigenvalue weighted by atomic mass is 10.1. The van der Waals surface area contributed by atoms with Crippen molar-refractivity contribution in [1.29, 1.82) is 0 Å². The molecule has 0 radical (unpaired) electrons. The van der Waals surface area contributed by atoms with Crippen LogP contribution in [0.15, 0.2) is 22.7 Å². The fraction of sp³-hybridized carbons (Fsp3) is 0.500. The van der Waals surface area contributed by atoms with E-state index in [9.17, 15) is 4.79 Å². The Bertz CT molecular complexity index is 441. The van der Waals surface area contributed by atoms with Gasteiger partial charge in [-0.1, -0.05) is 22.0 Å². The molecule has 1 aliphatic heterocycles. The summed E-state index contributed by atoms with van der Waals surface area (Å²) in [6.07, 6.45) is 2.35. The monoisotopic (exact) mass is 311 g/mol. The predicted molar refractivity (Wildman–Crippen MR) is 74.8 cm³/mol. The molecule has 1 aliphatic rings. The summed E-state index contributed by atoms with van der Waals surface area (Å²) in [7, 11) is 1.84. The molecule has 0 N–H and O–H groups in total. The summed E-state index contributed by atoms with van der Waals surface area (Å²) in [5.74, 6) is 0.0595. The molecule has 1 unspecified atom stereocenters. The number of likely N-dealkylation sites (N-methyl/N-ethyl adjacent to an activating group) is 1. The topological polar surface area (TPSA) is 29.5 Å². The number of ether oxygens (including phenoxy) is 1. The van der Waals surface area contributed by atoms with Crippen LogP contribution in [0, 0.1) is 6.92 Å². The van der Waals surface area contributed by atoms with E-state index >= 15 is 0 Å². The fourth-order valence-electron chi connectivity index (χ4n) is 2.22. The Kier molecular flexibility index (Phi) is 4.40. The SMILES string of the molecule is Cc1c(Br)cccc1C(=O)N(C)CC1CCCO1. The number of carbonyl (C=O) groups is 1. The van der Waals surface area contributed by atoms with Gasteiger partial charge in [-0.25, -0.2) is 0 Å². The van der Waals surface area contributed by atoms with E-state index in [0.29, 0.717) is 6.54 Å². The summed E-state index contributed by atoms with van der Waals surface area (Å²) in [5.41, 5.74) is 1.74. The van der Waals surface area contributed by atoms with Gasteiger partial charge in [0, 0.05) is 30.2 Å². The van der Waals surface area contributed by atoms with E-state index in [4.69, 9.17) is 4.74 Å². The van der Waals surface area contributed by atoms with Crippen LogP contribution in [-0.2, 0) is 4.74 Å². The number of nitrogens with zero attached hydrogens (tertiary/aromatic N) is 1. The molecular weight excluding hydrogens is 294 g/mol. The highest BCUT2D eigenvalue weighted by molar-refractivity contribution is 9.10. The zero-order valence-electron chi connectivity index (χ0n) is 10.8. The van der Waals surface area contributed by atoms with Gasteiger partial charge in [0.05, 0.1) is 6.10 Å². The van der Waals surface area contributed by atoms with Crippen LogP contribution in [0.25, 0.3) is 0 Å². The van der Waals surface area contributed by atoms with E-state index in [-0.39, 0.29) is 12.0 Å². The van der Waals surface area contributed by atoms with Crippen LogP contribution in [0.5, 0.6) is 0 Å². The number of amides is 1. The van der Waals surface area contributed by atoms with Gasteiger partial charge in [0.1, 0.15) is 0 Å². The van der Waals surface area contributed by atoms with E-state index in [1.54, 1.807) is 4.90 Å². The molecule has 0 aromatic heterocycles. The van der Waals surface area contributed by atoms with Crippen LogP contribution < -0.4 is 0 Å². The third-order valence-corrected chi connectivity index (χ3v) is 4.21. The van der Waals surface area contributed by atoms with Gasteiger partial charge in [-0.15, -0.1) is 0 Å². The standard InChI is InChI=1S/C14H18BrNO2/c1-10-12(6-3-7-13(10)15)14(17)16(2)9-11-5-4-8-18-11/h3,6-7,11H,4-5,8-9H2,1-2H3. The molecule has 1 fully saturated rings. The van der Waals surface area contributed by atoms with Crippen molar-refractivity contribution in [3.05, 3.63) is 33.8 Å². The lowest BCUT2D eigenvalue weighted by Gasteiger charge is -2.21. The minimum Gasteiger partial charge on any atom is -0.376 e. The molecule has 0 spiro atoms. The second-order valence-electron chi connectivity index (χ2n) is 4.73. The lowest BCUT2D eigenvalue weighted by Crippen LogP contribution is -2.34. The van der Waals surface area contributed by atoms with E-state index in [0.717, 1.165) is 35.0 Å². The first-order chi connectivity index (χ1) is 8.59. The molecule has 98 valence electrons. The minimum absolute atomic E-state index is 0.0595. The Morgan fingerprint density at radius 3 is 3.00 bits per heavy atom. The summed E-state index contributed by atoms with van der Waals surface area (Å²) in [6, 6.07) is 5.71. The van der Waals surface area contributed by atoms with Gasteiger partial charge in [0.25, 0.3) is 5.91 Å². The van der Waals surface area contributed by atoms with Gasteiger partial charge in [0.15, 0.2) is 0 Å². The van der Waals surface area contributed by atoms with E-state index in [1.165, 1.54) is 0 Å². The maximum Gasteiger partial charge on any atom is 0.253 e. The second kappa shape index (κ2) is 5.85. The van der Waals surface area contributed by atoms with Crippen LogP contribution in [-0.4, -0.2) is 37.1 Å². The molecule has 2 rings (SSSR count). The molecule has 18 heavy (non-hydrogen) atoms. The van der Waals surface area contributed by atoms with E-state index in [2.05, 4.69) is 15.9 Å². The number of carbonyl (C=O) groups excluding carboxylic acids is 1. The summed E-state index contributed by atoms with van der Waals surface area (Å²) in [4.78, 5) is 14.1. The Morgan fingerprint density at radius 2 is 2.33 bits per heavy atom. The highest BCUT2D eigenvalue weighted by atomic mass is 79.9. The third kappa shape index (κ3) is 2.93. The van der Waals surface area contributed by atoms with Crippen molar-refractivity contribution >= 4 is 21.8 Å². The van der Waals surface area contributed by atoms with Crippen LogP contribution in [0.1, 0.15) is 28.8 Å². The van der Waals surface area contributed by atoms with E-state index < -0.39 is 0 Å². The third-order valence-electron chi connectivity index (χ3n) is 3.35. The molecule has 0 bridgehead atoms. The van der Waals surface area contributed by atoms with Crippen molar-refractivity contribution in [1.82, 2.24) is 4.90 Å². The molecule has 1 saturated heterocycles. The molecule has 0 saturated carbocycles. The average molecular weight is 312 g/mol. The Morgan fingerprint density at radius 1 is 1.56 bits per heavy atom. The second-order valence-corrected chi connectivity index (χ2v) is 5.59. The van der Waals surface area contributed by atoms with Gasteiger partial charge in [-0.05, 0) is 37.5 Å². The zero-order valence-corrected chi connectivity index (χ0v) is 12.4. The first kappa shape index (κ1) is 13.6. The molecule has 1 aromatic carbocycles. The summed E-state index contributed by atoms with van der Waals surface area (Å²) in [5, 5.41) is 0. The number of hydrogen-bond acceptors (Lipinski definition) is 2. The molecule has 3 nitrogen and oxygen atoms in total. The van der Waals surface area contributed by atoms with Crippen molar-refractivity contribution < 1.29 is 9.53 Å². The largest absolute Gasteiger partial charge is 0.376 e. The molecule has 4 heteroatoms. The van der Waals surface area contributed by atoms with Gasteiger partial charge >= 0.3 is 0 Å². The first-order valence-corrected chi connectivity index (χ1v) is 7.01. The smallest absolute Gasteiger partial charge is 0.253 e. The fourth-order valence-corrected chi connectivity index (χ4v) is 2.59. The number of halogens is 1. The Hall–Kier alpha value is -0.870. The molecule has 1 heterocycles. The first-order valence-electron chi connectivity index (χ1n) is 6.22. The van der Waals surface area contributed by atoms with Crippen molar-refractivity contribution in [2.45, 2.75) is 25.9 Å². The maximum atomic E-state index is 12.4. The highest BCUT2D eigenvalue weighted by Gasteiger charge is 2.21. The predicted octanol–water partition coefficient (Wildman–Crippen LogP) is 3.01. The molecule has 1 amide bonds. The molecule has 1 aromatic rings. The van der Waals surface area contributed by atoms with Crippen LogP contribution in [0.4, 0.5) is 0 Å². The lowest BCUT2D eigenvalue weighted by molar-refractivity contribution is 0.0586. The highest BCUT2D eigenvalue weighted by Crippen LogP contribution is 2.21. The van der Waals surface area contributed by atoms with Crippen molar-refractivity contribution in [3.63, 3.8) is 0 Å². The number of rotatable bonds is 3. The molecule has 0 aliphatic carbocycles. The molecular formula is C14H18BrNO2. The van der Waals surface area contributed by atoms with Gasteiger partial charge < -0.3 is 9.64 Å². The molecule has 1 atom stereocenters. The van der Waals surface area contributed by atoms with Gasteiger partial charge in [0.2, 0.25) is 0 Å². The van der Waals surface area contributed by atoms with Crippen molar-refractivity contribution in [2.24, 2.45) is 0 Å². The van der Waals surface area contributed by atoms with Gasteiger partial charge in [-0.2, -0.15) is 0 Å². The Balaban J connectivity index is 2.07. The van der Waals surface area contributed by atoms with Crippen molar-refractivity contribution in [2.75, 3.05) is 20.2 Å². The average Bonchev–Trinajstić information content (AvgIpc) is 2.84. The van der Waals surface area contributed by atoms with Crippen LogP contribution >= 0.6 is 15.9 Å². The van der Waals surface area contributed by atoms with E-state index in [1.807, 2.05) is 32.2 Å². The zero-order chi connectivity index (χ0) is 13.1. The summed E-state index contributed by atoms with van der Waals surface area (Å²) >= 11 is 3.46. The van der Waals surface area contributed by atoms with Crippen molar-refractivity contribution in [3.8, 4) is 0 Å². The van der Waals surface area contributed by atoms with Gasteiger partial charge in [-0.3, -0.25) is 4.79 Å². The summed E-state index contributed by atoms with van der Waals surface area (Å²) in [6.45, 7) is 3.45. The maximum absolute atomic E-state index is 12.4. The minimum atomic E-state index is 0.0595. The van der Waals surface area contributed by atoms with Crippen LogP contribution in [0.3, 0.4) is 0 Å². The van der Waals surface area contributed by atoms with Crippen LogP contribution in [0.2, 0.25) is 0 Å². The number of benzene rings is 1. The quantitative estimate of drug-likeness (QED) is 0.859. The number of hydrogen-bond donors (Lipinski definition) is 0. The Labute approximate surface area is 116 Å². The summed E-state index contributed by atoms with van der Waals surface area (Å²) < 4.78 is 6.53. The normalized spacial score (nSPS) is 18.9.